The molecule has 3 unspecified atom stereocenters. The Hall–Kier alpha value is -0.820. The predicted octanol–water partition coefficient (Wildman–Crippen LogP) is 8.32. The van der Waals surface area contributed by atoms with Gasteiger partial charge in [-0.25, -0.2) is 0 Å². The number of aryl methyl sites for hydroxylation is 2. The fourth-order valence-electron chi connectivity index (χ4n) is 7.07. The van der Waals surface area contributed by atoms with Crippen LogP contribution in [0, 0.1) is 23.7 Å². The Bertz CT molecular complexity index is 664. The highest BCUT2D eigenvalue weighted by molar-refractivity contribution is 5.34. The maximum atomic E-state index is 6.11. The third kappa shape index (κ3) is 6.37. The zero-order valence-electron chi connectivity index (χ0n) is 20.5. The normalized spacial score (nSPS) is 30.6. The van der Waals surface area contributed by atoms with Gasteiger partial charge in [-0.05, 0) is 117 Å². The summed E-state index contributed by atoms with van der Waals surface area (Å²) in [6.07, 6.45) is 22.7. The van der Waals surface area contributed by atoms with Gasteiger partial charge in [-0.15, -0.1) is 0 Å². The molecule has 0 amide bonds. The first kappa shape index (κ1) is 23.3. The maximum absolute atomic E-state index is 6.11. The first-order valence-electron chi connectivity index (χ1n) is 14.0. The molecule has 4 rings (SSSR count). The van der Waals surface area contributed by atoms with E-state index in [2.05, 4.69) is 32.0 Å². The van der Waals surface area contributed by atoms with Gasteiger partial charge in [0.05, 0.1) is 6.10 Å². The number of fused-ring (bicyclic) bond motifs is 2. The molecule has 174 valence electrons. The van der Waals surface area contributed by atoms with E-state index < -0.39 is 0 Å². The Labute approximate surface area is 192 Å². The lowest BCUT2D eigenvalue weighted by Crippen LogP contribution is -2.37. The van der Waals surface area contributed by atoms with Crippen molar-refractivity contribution in [2.24, 2.45) is 23.7 Å². The number of hydrogen-bond donors (Lipinski definition) is 0. The van der Waals surface area contributed by atoms with E-state index in [-0.39, 0.29) is 0 Å². The molecule has 1 aromatic carbocycles. The molecule has 3 aliphatic carbocycles. The van der Waals surface area contributed by atoms with E-state index in [1.807, 2.05) is 0 Å². The Morgan fingerprint density at radius 3 is 2.35 bits per heavy atom. The minimum absolute atomic E-state index is 0.570. The lowest BCUT2D eigenvalue weighted by Gasteiger charge is -2.45. The van der Waals surface area contributed by atoms with E-state index in [4.69, 9.17) is 4.74 Å². The van der Waals surface area contributed by atoms with Gasteiger partial charge in [-0.2, -0.15) is 0 Å². The standard InChI is InChI=1S/C30H48O/c1-3-5-6-7-8-9-23-10-11-25-20-26(13-12-24(25)19-23)27-14-15-29-22-30(31-18-4-2)17-16-28(29)21-27/h10-11,19,26-30H,3-9,12-18,20-22H2,1-2H3/t26?,27?,28-,29?,30-/m1/s1. The van der Waals surface area contributed by atoms with E-state index >= 15 is 0 Å². The van der Waals surface area contributed by atoms with Gasteiger partial charge in [0.1, 0.15) is 0 Å². The third-order valence-electron chi connectivity index (χ3n) is 8.94. The van der Waals surface area contributed by atoms with Crippen LogP contribution < -0.4 is 0 Å². The van der Waals surface area contributed by atoms with Gasteiger partial charge in [-0.3, -0.25) is 0 Å². The van der Waals surface area contributed by atoms with Crippen LogP contribution in [0.3, 0.4) is 0 Å². The van der Waals surface area contributed by atoms with Gasteiger partial charge < -0.3 is 4.74 Å². The zero-order chi connectivity index (χ0) is 21.5. The van der Waals surface area contributed by atoms with Crippen molar-refractivity contribution in [3.8, 4) is 0 Å². The molecule has 1 aromatic rings. The zero-order valence-corrected chi connectivity index (χ0v) is 20.5. The quantitative estimate of drug-likeness (QED) is 0.343. The lowest BCUT2D eigenvalue weighted by molar-refractivity contribution is -0.0236. The predicted molar refractivity (Wildman–Crippen MR) is 133 cm³/mol. The topological polar surface area (TPSA) is 9.23 Å². The molecule has 0 radical (unpaired) electrons. The van der Waals surface area contributed by atoms with Crippen molar-refractivity contribution in [1.29, 1.82) is 0 Å². The molecule has 0 N–H and O–H groups in total. The molecule has 1 heteroatoms. The van der Waals surface area contributed by atoms with E-state index in [0.717, 1.165) is 36.7 Å². The van der Waals surface area contributed by atoms with E-state index in [1.54, 1.807) is 16.7 Å². The van der Waals surface area contributed by atoms with Crippen molar-refractivity contribution >= 4 is 0 Å². The molecule has 0 saturated heterocycles. The van der Waals surface area contributed by atoms with Crippen LogP contribution in [0.1, 0.15) is 114 Å². The Balaban J connectivity index is 1.25. The van der Waals surface area contributed by atoms with Crippen molar-refractivity contribution in [2.45, 2.75) is 123 Å². The molecular formula is C30H48O. The molecule has 2 fully saturated rings. The van der Waals surface area contributed by atoms with Gasteiger partial charge in [0.25, 0.3) is 0 Å². The van der Waals surface area contributed by atoms with Gasteiger partial charge in [0.2, 0.25) is 0 Å². The lowest BCUT2D eigenvalue weighted by atomic mass is 9.62. The molecule has 1 nitrogen and oxygen atoms in total. The maximum Gasteiger partial charge on any atom is 0.0578 e. The summed E-state index contributed by atoms with van der Waals surface area (Å²) in [5.74, 6) is 3.89. The highest BCUT2D eigenvalue weighted by atomic mass is 16.5. The van der Waals surface area contributed by atoms with Crippen molar-refractivity contribution in [3.05, 3.63) is 34.9 Å². The summed E-state index contributed by atoms with van der Waals surface area (Å²) in [7, 11) is 0. The van der Waals surface area contributed by atoms with Crippen LogP contribution in [0.2, 0.25) is 0 Å². The third-order valence-corrected chi connectivity index (χ3v) is 8.94. The van der Waals surface area contributed by atoms with Crippen LogP contribution in [0.5, 0.6) is 0 Å². The van der Waals surface area contributed by atoms with Crippen molar-refractivity contribution < 1.29 is 4.74 Å². The van der Waals surface area contributed by atoms with Crippen LogP contribution >= 0.6 is 0 Å². The van der Waals surface area contributed by atoms with Crippen LogP contribution in [0.4, 0.5) is 0 Å². The summed E-state index contributed by atoms with van der Waals surface area (Å²) >= 11 is 0. The van der Waals surface area contributed by atoms with Crippen LogP contribution in [-0.4, -0.2) is 12.7 Å². The second-order valence-electron chi connectivity index (χ2n) is 11.2. The van der Waals surface area contributed by atoms with Gasteiger partial charge in [0.15, 0.2) is 0 Å². The first-order chi connectivity index (χ1) is 15.3. The summed E-state index contributed by atoms with van der Waals surface area (Å²) in [5.41, 5.74) is 4.96. The second kappa shape index (κ2) is 11.9. The Kier molecular flexibility index (Phi) is 8.94. The number of unbranched alkanes of at least 4 members (excludes halogenated alkanes) is 4. The van der Waals surface area contributed by atoms with E-state index in [0.29, 0.717) is 6.10 Å². The van der Waals surface area contributed by atoms with E-state index in [9.17, 15) is 0 Å². The van der Waals surface area contributed by atoms with Crippen LogP contribution in [0.15, 0.2) is 18.2 Å². The molecule has 0 heterocycles. The number of benzene rings is 1. The molecule has 0 bridgehead atoms. The first-order valence-corrected chi connectivity index (χ1v) is 14.0. The highest BCUT2D eigenvalue weighted by Crippen LogP contribution is 2.47. The van der Waals surface area contributed by atoms with Crippen molar-refractivity contribution in [2.75, 3.05) is 6.61 Å². The monoisotopic (exact) mass is 424 g/mol. The fraction of sp³-hybridized carbons (Fsp3) is 0.800. The average molecular weight is 425 g/mol. The number of rotatable bonds is 10. The SMILES string of the molecule is CCCCCCCc1ccc2c(c1)CCC(C1CCC3C[C@H](OCCC)CC[C@@H]3C1)C2. The minimum atomic E-state index is 0.570. The molecule has 31 heavy (non-hydrogen) atoms. The van der Waals surface area contributed by atoms with Crippen LogP contribution in [-0.2, 0) is 24.0 Å². The number of ether oxygens (including phenoxy) is 1. The summed E-state index contributed by atoms with van der Waals surface area (Å²) in [5, 5.41) is 0. The molecule has 0 spiro atoms. The highest BCUT2D eigenvalue weighted by Gasteiger charge is 2.38. The molecular weight excluding hydrogens is 376 g/mol. The summed E-state index contributed by atoms with van der Waals surface area (Å²) < 4.78 is 6.11. The van der Waals surface area contributed by atoms with E-state index in [1.165, 1.54) is 96.3 Å². The van der Waals surface area contributed by atoms with Crippen LogP contribution in [0.25, 0.3) is 0 Å². The summed E-state index contributed by atoms with van der Waals surface area (Å²) in [4.78, 5) is 0. The fourth-order valence-corrected chi connectivity index (χ4v) is 7.07. The Morgan fingerprint density at radius 2 is 1.52 bits per heavy atom. The summed E-state index contributed by atoms with van der Waals surface area (Å²) in [6.45, 7) is 5.50. The van der Waals surface area contributed by atoms with Gasteiger partial charge >= 0.3 is 0 Å². The van der Waals surface area contributed by atoms with Crippen molar-refractivity contribution in [3.63, 3.8) is 0 Å². The molecule has 0 aromatic heterocycles. The summed E-state index contributed by atoms with van der Waals surface area (Å²) in [6, 6.07) is 7.53. The second-order valence-corrected chi connectivity index (χ2v) is 11.2. The molecule has 3 aliphatic rings. The largest absolute Gasteiger partial charge is 0.378 e. The molecule has 5 atom stereocenters. The number of hydrogen-bond acceptors (Lipinski definition) is 1. The van der Waals surface area contributed by atoms with Crippen molar-refractivity contribution in [1.82, 2.24) is 0 Å². The van der Waals surface area contributed by atoms with Gasteiger partial charge in [-0.1, -0.05) is 57.7 Å². The smallest absolute Gasteiger partial charge is 0.0578 e. The average Bonchev–Trinajstić information content (AvgIpc) is 2.81. The minimum Gasteiger partial charge on any atom is -0.378 e. The van der Waals surface area contributed by atoms with Gasteiger partial charge in [0, 0.05) is 6.61 Å². The Morgan fingerprint density at radius 1 is 0.742 bits per heavy atom. The molecule has 2 saturated carbocycles. The molecule has 0 aliphatic heterocycles.